The molecule has 0 radical (unpaired) electrons. The van der Waals surface area contributed by atoms with Crippen molar-refractivity contribution in [1.82, 2.24) is 0 Å². The number of benzene rings is 2. The number of rotatable bonds is 3. The lowest BCUT2D eigenvalue weighted by Crippen LogP contribution is -1.97. The second-order valence-electron chi connectivity index (χ2n) is 4.62. The Hall–Kier alpha value is -2.70. The van der Waals surface area contributed by atoms with Crippen molar-refractivity contribution in [3.8, 4) is 0 Å². The smallest absolute Gasteiger partial charge is 0.127 e. The van der Waals surface area contributed by atoms with Crippen LogP contribution in [0.3, 0.4) is 0 Å². The molecule has 0 aliphatic rings. The Morgan fingerprint density at radius 3 is 2.14 bits per heavy atom. The molecule has 0 fully saturated rings. The molecule has 0 amide bonds. The minimum absolute atomic E-state index is 0.287. The molecular formula is C14H15F2N5. The highest BCUT2D eigenvalue weighted by atomic mass is 19.1. The average Bonchev–Trinajstić information content (AvgIpc) is 2.40. The maximum atomic E-state index is 13.3. The van der Waals surface area contributed by atoms with E-state index in [4.69, 9.17) is 11.5 Å². The van der Waals surface area contributed by atoms with Gasteiger partial charge in [-0.25, -0.2) is 8.78 Å². The van der Waals surface area contributed by atoms with Gasteiger partial charge >= 0.3 is 0 Å². The Bertz CT molecular complexity index is 713. The summed E-state index contributed by atoms with van der Waals surface area (Å²) in [7, 11) is 0. The second kappa shape index (κ2) is 5.74. The summed E-state index contributed by atoms with van der Waals surface area (Å²) in [4.78, 5) is 0. The van der Waals surface area contributed by atoms with E-state index >= 15 is 0 Å². The zero-order valence-corrected chi connectivity index (χ0v) is 11.6. The van der Waals surface area contributed by atoms with E-state index in [1.54, 1.807) is 13.8 Å². The lowest BCUT2D eigenvalue weighted by atomic mass is 10.1. The molecule has 5 nitrogen and oxygen atoms in total. The lowest BCUT2D eigenvalue weighted by Gasteiger charge is -2.07. The first-order valence-electron chi connectivity index (χ1n) is 6.16. The molecule has 0 saturated heterocycles. The summed E-state index contributed by atoms with van der Waals surface area (Å²) in [6.45, 7) is 3.42. The first-order chi connectivity index (χ1) is 9.88. The molecule has 0 unspecified atom stereocenters. The van der Waals surface area contributed by atoms with Gasteiger partial charge in [-0.3, -0.25) is 5.43 Å². The van der Waals surface area contributed by atoms with Gasteiger partial charge in [0.2, 0.25) is 0 Å². The number of anilines is 3. The largest absolute Gasteiger partial charge is 0.398 e. The van der Waals surface area contributed by atoms with Crippen LogP contribution in [-0.2, 0) is 0 Å². The van der Waals surface area contributed by atoms with Crippen molar-refractivity contribution in [3.63, 3.8) is 0 Å². The van der Waals surface area contributed by atoms with Crippen LogP contribution in [0.25, 0.3) is 0 Å². The number of hydrogen-bond acceptors (Lipinski definition) is 4. The summed E-state index contributed by atoms with van der Waals surface area (Å²) in [5.41, 5.74) is 16.4. The van der Waals surface area contributed by atoms with E-state index < -0.39 is 11.6 Å². The van der Waals surface area contributed by atoms with Crippen molar-refractivity contribution in [2.45, 2.75) is 13.8 Å². The van der Waals surface area contributed by atoms with Crippen LogP contribution in [0.5, 0.6) is 0 Å². The number of halogens is 2. The maximum absolute atomic E-state index is 13.3. The van der Waals surface area contributed by atoms with Crippen LogP contribution in [0.4, 0.5) is 31.5 Å². The first-order valence-corrected chi connectivity index (χ1v) is 6.16. The van der Waals surface area contributed by atoms with E-state index in [1.165, 1.54) is 24.3 Å². The SMILES string of the molecule is Cc1c(N)cc(F)cc1N=NNc1cc(F)cc(N)c1C. The van der Waals surface area contributed by atoms with Crippen LogP contribution in [0.1, 0.15) is 11.1 Å². The molecule has 110 valence electrons. The molecule has 0 aliphatic carbocycles. The normalized spacial score (nSPS) is 11.0. The number of nitrogens with one attached hydrogen (secondary N) is 1. The highest BCUT2D eigenvalue weighted by Crippen LogP contribution is 2.27. The predicted molar refractivity (Wildman–Crippen MR) is 79.2 cm³/mol. The highest BCUT2D eigenvalue weighted by Gasteiger charge is 2.06. The third kappa shape index (κ3) is 3.25. The standard InChI is InChI=1S/C14H15F2N5/c1-7-11(17)3-9(15)5-13(7)19-21-20-14-6-10(16)4-12(18)8(14)2/h3-6H,17-18H2,1-2H3,(H,19,20). The van der Waals surface area contributed by atoms with Gasteiger partial charge in [0.1, 0.15) is 11.6 Å². The zero-order valence-electron chi connectivity index (χ0n) is 11.6. The van der Waals surface area contributed by atoms with Crippen LogP contribution in [0.2, 0.25) is 0 Å². The number of nitrogens with zero attached hydrogens (tertiary/aromatic N) is 2. The van der Waals surface area contributed by atoms with Crippen molar-refractivity contribution in [2.75, 3.05) is 16.9 Å². The van der Waals surface area contributed by atoms with Crippen LogP contribution < -0.4 is 16.9 Å². The van der Waals surface area contributed by atoms with E-state index in [1.807, 2.05) is 0 Å². The number of nitrogens with two attached hydrogens (primary N) is 2. The quantitative estimate of drug-likeness (QED) is 0.456. The molecule has 7 heteroatoms. The van der Waals surface area contributed by atoms with Crippen molar-refractivity contribution >= 4 is 22.7 Å². The third-order valence-electron chi connectivity index (χ3n) is 3.13. The molecule has 2 aromatic rings. The van der Waals surface area contributed by atoms with Crippen molar-refractivity contribution in [1.29, 1.82) is 0 Å². The lowest BCUT2D eigenvalue weighted by molar-refractivity contribution is 0.628. The van der Waals surface area contributed by atoms with E-state index in [-0.39, 0.29) is 5.69 Å². The van der Waals surface area contributed by atoms with E-state index in [2.05, 4.69) is 15.8 Å². The van der Waals surface area contributed by atoms with Gasteiger partial charge < -0.3 is 11.5 Å². The molecule has 21 heavy (non-hydrogen) atoms. The van der Waals surface area contributed by atoms with Crippen molar-refractivity contribution in [3.05, 3.63) is 47.0 Å². The molecule has 5 N–H and O–H groups in total. The number of nitrogen functional groups attached to an aromatic ring is 2. The molecule has 2 rings (SSSR count). The summed E-state index contributed by atoms with van der Waals surface area (Å²) >= 11 is 0. The maximum Gasteiger partial charge on any atom is 0.127 e. The third-order valence-corrected chi connectivity index (χ3v) is 3.13. The van der Waals surface area contributed by atoms with Crippen LogP contribution in [0.15, 0.2) is 34.6 Å². The van der Waals surface area contributed by atoms with E-state index in [9.17, 15) is 8.78 Å². The van der Waals surface area contributed by atoms with Gasteiger partial charge in [-0.15, -0.1) is 5.11 Å². The van der Waals surface area contributed by atoms with Gasteiger partial charge in [0, 0.05) is 17.4 Å². The summed E-state index contributed by atoms with van der Waals surface area (Å²) in [5, 5.41) is 7.58. The predicted octanol–water partition coefficient (Wildman–Crippen LogP) is 3.86. The molecule has 0 atom stereocenters. The fraction of sp³-hybridized carbons (Fsp3) is 0.143. The molecule has 0 saturated carbocycles. The monoisotopic (exact) mass is 291 g/mol. The summed E-state index contributed by atoms with van der Waals surface area (Å²) in [6.07, 6.45) is 0. The first kappa shape index (κ1) is 14.7. The molecule has 0 heterocycles. The molecule has 0 aromatic heterocycles. The molecule has 0 spiro atoms. The Kier molecular flexibility index (Phi) is 4.02. The van der Waals surface area contributed by atoms with Gasteiger partial charge in [0.25, 0.3) is 0 Å². The van der Waals surface area contributed by atoms with Gasteiger partial charge in [0.15, 0.2) is 0 Å². The molecular weight excluding hydrogens is 276 g/mol. The Balaban J connectivity index is 2.24. The van der Waals surface area contributed by atoms with Gasteiger partial charge in [0.05, 0.1) is 11.4 Å². The molecule has 0 bridgehead atoms. The fourth-order valence-corrected chi connectivity index (χ4v) is 1.74. The van der Waals surface area contributed by atoms with Crippen molar-refractivity contribution in [2.24, 2.45) is 10.3 Å². The minimum Gasteiger partial charge on any atom is -0.398 e. The van der Waals surface area contributed by atoms with Crippen molar-refractivity contribution < 1.29 is 8.78 Å². The Morgan fingerprint density at radius 2 is 1.48 bits per heavy atom. The average molecular weight is 291 g/mol. The Morgan fingerprint density at radius 1 is 0.905 bits per heavy atom. The summed E-state index contributed by atoms with van der Waals surface area (Å²) in [5.74, 6) is -0.986. The van der Waals surface area contributed by atoms with Gasteiger partial charge in [-0.05, 0) is 43.2 Å². The zero-order chi connectivity index (χ0) is 15.6. The molecule has 0 aliphatic heterocycles. The Labute approximate surface area is 120 Å². The highest BCUT2D eigenvalue weighted by molar-refractivity contribution is 5.63. The number of hydrogen-bond donors (Lipinski definition) is 3. The van der Waals surface area contributed by atoms with E-state index in [0.29, 0.717) is 28.2 Å². The molecule has 2 aromatic carbocycles. The van der Waals surface area contributed by atoms with Gasteiger partial charge in [-0.1, -0.05) is 5.22 Å². The topological polar surface area (TPSA) is 88.8 Å². The van der Waals surface area contributed by atoms with Crippen LogP contribution in [0, 0.1) is 25.5 Å². The van der Waals surface area contributed by atoms with Crippen LogP contribution in [-0.4, -0.2) is 0 Å². The summed E-state index contributed by atoms with van der Waals surface area (Å²) in [6, 6.07) is 4.88. The van der Waals surface area contributed by atoms with Crippen LogP contribution >= 0.6 is 0 Å². The minimum atomic E-state index is -0.502. The van der Waals surface area contributed by atoms with Gasteiger partial charge in [-0.2, -0.15) is 0 Å². The fourth-order valence-electron chi connectivity index (χ4n) is 1.74. The van der Waals surface area contributed by atoms with E-state index in [0.717, 1.165) is 0 Å². The summed E-state index contributed by atoms with van der Waals surface area (Å²) < 4.78 is 26.5. The second-order valence-corrected chi connectivity index (χ2v) is 4.62.